The summed E-state index contributed by atoms with van der Waals surface area (Å²) < 4.78 is 0. The van der Waals surface area contributed by atoms with Gasteiger partial charge in [-0.3, -0.25) is 14.4 Å². The van der Waals surface area contributed by atoms with E-state index in [2.05, 4.69) is 40.9 Å². The Labute approximate surface area is 268 Å². The maximum Gasteiger partial charge on any atom is 0.326 e. The van der Waals surface area contributed by atoms with Crippen LogP contribution < -0.4 is 21.7 Å². The zero-order valence-corrected chi connectivity index (χ0v) is 25.1. The highest BCUT2D eigenvalue weighted by Crippen LogP contribution is 2.19. The standard InChI is InChI=1S/C32H35N9O6/c33-24(11-20-14-34-16-37-20)29(43)39-26(10-19-13-36-25-4-2-1-3-23(19)25)30(44)40-27(12-21-15-35-17-38-21)31(45)41-28(32(46)47)9-18-5-7-22(42)8-6-18/h1-8,13-17,24,26-28,36,42H,9-12,33H2,(H,34,37)(H,35,38)(H,39,43)(H,40,44)(H,41,45)(H,46,47). The van der Waals surface area contributed by atoms with E-state index in [0.29, 0.717) is 17.0 Å². The van der Waals surface area contributed by atoms with E-state index in [4.69, 9.17) is 5.73 Å². The summed E-state index contributed by atoms with van der Waals surface area (Å²) >= 11 is 0. The van der Waals surface area contributed by atoms with Crippen molar-refractivity contribution in [3.63, 3.8) is 0 Å². The lowest BCUT2D eigenvalue weighted by atomic mass is 10.0. The van der Waals surface area contributed by atoms with Gasteiger partial charge in [-0.2, -0.15) is 0 Å². The van der Waals surface area contributed by atoms with Gasteiger partial charge in [0, 0.05) is 66.6 Å². The number of aromatic amines is 3. The molecular formula is C32H35N9O6. The van der Waals surface area contributed by atoms with Crippen molar-refractivity contribution in [2.24, 2.45) is 5.73 Å². The molecule has 3 amide bonds. The Bertz CT molecular complexity index is 1800. The van der Waals surface area contributed by atoms with Crippen LogP contribution in [-0.2, 0) is 44.9 Å². The molecule has 5 aromatic rings. The molecule has 0 saturated heterocycles. The molecule has 47 heavy (non-hydrogen) atoms. The molecule has 0 spiro atoms. The molecule has 4 unspecified atom stereocenters. The number of nitrogens with zero attached hydrogens (tertiary/aromatic N) is 2. The number of H-pyrrole nitrogens is 3. The number of benzene rings is 2. The van der Waals surface area contributed by atoms with Crippen molar-refractivity contribution in [1.82, 2.24) is 40.9 Å². The average molecular weight is 642 g/mol. The molecule has 3 aromatic heterocycles. The molecule has 0 aliphatic rings. The Morgan fingerprint density at radius 3 is 1.96 bits per heavy atom. The summed E-state index contributed by atoms with van der Waals surface area (Å²) in [5.41, 5.74) is 9.48. The molecule has 2 aromatic carbocycles. The van der Waals surface area contributed by atoms with Crippen molar-refractivity contribution in [1.29, 1.82) is 0 Å². The number of phenolic OH excluding ortho intramolecular Hbond substituents is 1. The molecule has 5 rings (SSSR count). The maximum absolute atomic E-state index is 13.9. The van der Waals surface area contributed by atoms with Gasteiger partial charge in [0.2, 0.25) is 17.7 Å². The van der Waals surface area contributed by atoms with Crippen LogP contribution in [0.5, 0.6) is 5.75 Å². The quantitative estimate of drug-likeness (QED) is 0.0769. The molecular weight excluding hydrogens is 606 g/mol. The van der Waals surface area contributed by atoms with E-state index in [1.54, 1.807) is 24.5 Å². The lowest BCUT2D eigenvalue weighted by Crippen LogP contribution is -2.58. The van der Waals surface area contributed by atoms with Crippen molar-refractivity contribution < 1.29 is 29.4 Å². The van der Waals surface area contributed by atoms with E-state index in [1.165, 1.54) is 31.0 Å². The Kier molecular flexibility index (Phi) is 10.3. The molecule has 10 N–H and O–H groups in total. The van der Waals surface area contributed by atoms with E-state index in [-0.39, 0.29) is 31.4 Å². The largest absolute Gasteiger partial charge is 0.508 e. The van der Waals surface area contributed by atoms with Gasteiger partial charge in [-0.1, -0.05) is 30.3 Å². The second-order valence-corrected chi connectivity index (χ2v) is 11.1. The molecule has 3 heterocycles. The van der Waals surface area contributed by atoms with E-state index in [1.807, 2.05) is 24.3 Å². The zero-order chi connectivity index (χ0) is 33.3. The van der Waals surface area contributed by atoms with Gasteiger partial charge in [0.1, 0.15) is 23.9 Å². The first-order chi connectivity index (χ1) is 22.7. The van der Waals surface area contributed by atoms with Crippen molar-refractivity contribution in [2.75, 3.05) is 0 Å². The number of carbonyl (C=O) groups is 4. The number of para-hydroxylation sites is 1. The van der Waals surface area contributed by atoms with Gasteiger partial charge in [-0.15, -0.1) is 0 Å². The van der Waals surface area contributed by atoms with E-state index in [0.717, 1.165) is 16.5 Å². The predicted molar refractivity (Wildman–Crippen MR) is 170 cm³/mol. The third-order valence-corrected chi connectivity index (χ3v) is 7.67. The molecule has 0 fully saturated rings. The summed E-state index contributed by atoms with van der Waals surface area (Å²) in [6, 6.07) is 8.69. The number of nitrogens with one attached hydrogen (secondary N) is 6. The van der Waals surface area contributed by atoms with Gasteiger partial charge in [-0.25, -0.2) is 14.8 Å². The third kappa shape index (κ3) is 8.61. The first kappa shape index (κ1) is 32.4. The summed E-state index contributed by atoms with van der Waals surface area (Å²) in [6.07, 6.45) is 7.76. The Hall–Kier alpha value is -5.96. The predicted octanol–water partition coefficient (Wildman–Crippen LogP) is 0.457. The van der Waals surface area contributed by atoms with Gasteiger partial charge in [0.25, 0.3) is 0 Å². The van der Waals surface area contributed by atoms with Gasteiger partial charge < -0.3 is 46.8 Å². The summed E-state index contributed by atoms with van der Waals surface area (Å²) in [5.74, 6) is -3.29. The fourth-order valence-corrected chi connectivity index (χ4v) is 5.17. The molecule has 15 nitrogen and oxygen atoms in total. The molecule has 0 aliphatic heterocycles. The topological polar surface area (TPSA) is 244 Å². The highest BCUT2D eigenvalue weighted by molar-refractivity contribution is 5.95. The fraction of sp³-hybridized carbons (Fsp3) is 0.250. The van der Waals surface area contributed by atoms with Crippen LogP contribution in [0, 0.1) is 0 Å². The van der Waals surface area contributed by atoms with Crippen LogP contribution >= 0.6 is 0 Å². The first-order valence-electron chi connectivity index (χ1n) is 14.8. The minimum atomic E-state index is -1.34. The maximum atomic E-state index is 13.9. The van der Waals surface area contributed by atoms with Crippen LogP contribution in [0.1, 0.15) is 22.5 Å². The molecule has 0 bridgehead atoms. The normalized spacial score (nSPS) is 13.7. The molecule has 244 valence electrons. The number of phenols is 1. The van der Waals surface area contributed by atoms with Crippen molar-refractivity contribution in [2.45, 2.75) is 49.9 Å². The fourth-order valence-electron chi connectivity index (χ4n) is 5.17. The van der Waals surface area contributed by atoms with E-state index in [9.17, 15) is 29.4 Å². The summed E-state index contributed by atoms with van der Waals surface area (Å²) in [6.45, 7) is 0. The number of aliphatic carboxylic acids is 1. The van der Waals surface area contributed by atoms with Crippen LogP contribution in [0.4, 0.5) is 0 Å². The Morgan fingerprint density at radius 1 is 0.723 bits per heavy atom. The number of nitrogens with two attached hydrogens (primary N) is 1. The minimum Gasteiger partial charge on any atom is -0.508 e. The summed E-state index contributed by atoms with van der Waals surface area (Å²) in [5, 5.41) is 28.3. The second-order valence-electron chi connectivity index (χ2n) is 11.1. The molecule has 0 aliphatic carbocycles. The smallest absolute Gasteiger partial charge is 0.326 e. The molecule has 15 heteroatoms. The van der Waals surface area contributed by atoms with Crippen LogP contribution in [0.15, 0.2) is 79.8 Å². The average Bonchev–Trinajstić information content (AvgIpc) is 3.84. The number of hydrogen-bond acceptors (Lipinski definition) is 8. The number of imidazole rings is 2. The number of hydrogen-bond donors (Lipinski definition) is 9. The number of rotatable bonds is 15. The SMILES string of the molecule is NC(Cc1cnc[nH]1)C(=O)NC(Cc1c[nH]c2ccccc12)C(=O)NC(Cc1cnc[nH]1)C(=O)NC(Cc1ccc(O)cc1)C(=O)O. The third-order valence-electron chi connectivity index (χ3n) is 7.67. The lowest BCUT2D eigenvalue weighted by Gasteiger charge is -2.25. The molecule has 0 saturated carbocycles. The van der Waals surface area contributed by atoms with Gasteiger partial charge in [-0.05, 0) is 29.3 Å². The summed E-state index contributed by atoms with van der Waals surface area (Å²) in [7, 11) is 0. The first-order valence-corrected chi connectivity index (χ1v) is 14.8. The van der Waals surface area contributed by atoms with Gasteiger partial charge in [0.05, 0.1) is 18.7 Å². The van der Waals surface area contributed by atoms with Gasteiger partial charge >= 0.3 is 5.97 Å². The lowest BCUT2D eigenvalue weighted by molar-refractivity contribution is -0.142. The van der Waals surface area contributed by atoms with E-state index >= 15 is 0 Å². The van der Waals surface area contributed by atoms with Crippen LogP contribution in [-0.4, -0.2) is 83.0 Å². The number of aromatic hydroxyl groups is 1. The second kappa shape index (κ2) is 14.9. The van der Waals surface area contributed by atoms with Crippen molar-refractivity contribution in [3.8, 4) is 5.75 Å². The summed E-state index contributed by atoms with van der Waals surface area (Å²) in [4.78, 5) is 69.7. The van der Waals surface area contributed by atoms with Crippen molar-refractivity contribution >= 4 is 34.6 Å². The number of amides is 3. The van der Waals surface area contributed by atoms with Gasteiger partial charge in [0.15, 0.2) is 0 Å². The molecule has 4 atom stereocenters. The monoisotopic (exact) mass is 641 g/mol. The van der Waals surface area contributed by atoms with E-state index < -0.39 is 47.9 Å². The van der Waals surface area contributed by atoms with Crippen LogP contribution in [0.25, 0.3) is 10.9 Å². The number of carbonyl (C=O) groups excluding carboxylic acids is 3. The van der Waals surface area contributed by atoms with Crippen LogP contribution in [0.3, 0.4) is 0 Å². The van der Waals surface area contributed by atoms with Crippen molar-refractivity contribution in [3.05, 3.63) is 102 Å². The number of carboxylic acid groups (broad SMARTS) is 1. The highest BCUT2D eigenvalue weighted by Gasteiger charge is 2.31. The minimum absolute atomic E-state index is 0.0172. The Morgan fingerprint density at radius 2 is 1.32 bits per heavy atom. The number of fused-ring (bicyclic) bond motifs is 1. The Balaban J connectivity index is 1.36. The molecule has 0 radical (unpaired) electrons. The number of aromatic nitrogens is 5. The van der Waals surface area contributed by atoms with Crippen LogP contribution in [0.2, 0.25) is 0 Å². The number of carboxylic acids is 1. The highest BCUT2D eigenvalue weighted by atomic mass is 16.4. The zero-order valence-electron chi connectivity index (χ0n) is 25.1.